The highest BCUT2D eigenvalue weighted by atomic mass is 16.7. The van der Waals surface area contributed by atoms with Crippen molar-refractivity contribution in [3.63, 3.8) is 0 Å². The Kier molecular flexibility index (Phi) is 5.34. The van der Waals surface area contributed by atoms with E-state index in [-0.39, 0.29) is 12.4 Å². The molecule has 114 valence electrons. The fourth-order valence-electron chi connectivity index (χ4n) is 2.69. The minimum atomic E-state index is -0.545. The third-order valence-corrected chi connectivity index (χ3v) is 4.17. The van der Waals surface area contributed by atoms with E-state index in [2.05, 4.69) is 13.2 Å². The zero-order valence-corrected chi connectivity index (χ0v) is 12.6. The quantitative estimate of drug-likeness (QED) is 0.813. The summed E-state index contributed by atoms with van der Waals surface area (Å²) < 4.78 is 12.0. The minimum absolute atomic E-state index is 0.135. The van der Waals surface area contributed by atoms with Crippen molar-refractivity contribution in [2.75, 3.05) is 6.61 Å². The average molecular weight is 288 g/mol. The topological polar surface area (TPSA) is 38.7 Å². The molecule has 0 aromatic heterocycles. The summed E-state index contributed by atoms with van der Waals surface area (Å²) in [7, 11) is 0. The molecule has 0 bridgehead atoms. The average Bonchev–Trinajstić information content (AvgIpc) is 2.51. The Labute approximate surface area is 126 Å². The van der Waals surface area contributed by atoms with Gasteiger partial charge in [-0.05, 0) is 12.8 Å². The molecular weight excluding hydrogens is 264 g/mol. The SMILES string of the molecule is C=CC[C@@H](O)[C@@]1(C)CO[C@@H](c2ccccc2)O[C@H]1CC=C. The monoisotopic (exact) mass is 288 g/mol. The van der Waals surface area contributed by atoms with Gasteiger partial charge in [-0.3, -0.25) is 0 Å². The molecule has 1 aromatic carbocycles. The largest absolute Gasteiger partial charge is 0.392 e. The minimum Gasteiger partial charge on any atom is -0.392 e. The van der Waals surface area contributed by atoms with Crippen LogP contribution in [0.4, 0.5) is 0 Å². The van der Waals surface area contributed by atoms with Crippen molar-refractivity contribution in [3.05, 3.63) is 61.2 Å². The molecule has 0 spiro atoms. The van der Waals surface area contributed by atoms with Crippen LogP contribution < -0.4 is 0 Å². The highest BCUT2D eigenvalue weighted by molar-refractivity contribution is 5.16. The lowest BCUT2D eigenvalue weighted by Gasteiger charge is -2.46. The Hall–Kier alpha value is -1.42. The van der Waals surface area contributed by atoms with Crippen molar-refractivity contribution < 1.29 is 14.6 Å². The van der Waals surface area contributed by atoms with Crippen molar-refractivity contribution >= 4 is 0 Å². The molecule has 3 heteroatoms. The summed E-state index contributed by atoms with van der Waals surface area (Å²) in [5, 5.41) is 10.4. The molecule has 1 saturated heterocycles. The van der Waals surface area contributed by atoms with Crippen molar-refractivity contribution in [1.29, 1.82) is 0 Å². The number of ether oxygens (including phenoxy) is 2. The van der Waals surface area contributed by atoms with Crippen molar-refractivity contribution in [1.82, 2.24) is 0 Å². The van der Waals surface area contributed by atoms with E-state index < -0.39 is 11.5 Å². The van der Waals surface area contributed by atoms with Crippen LogP contribution in [0.5, 0.6) is 0 Å². The van der Waals surface area contributed by atoms with Gasteiger partial charge in [0, 0.05) is 11.0 Å². The third kappa shape index (κ3) is 3.43. The van der Waals surface area contributed by atoms with Crippen molar-refractivity contribution in [2.24, 2.45) is 5.41 Å². The van der Waals surface area contributed by atoms with Gasteiger partial charge in [-0.25, -0.2) is 0 Å². The summed E-state index contributed by atoms with van der Waals surface area (Å²) in [6, 6.07) is 9.86. The van der Waals surface area contributed by atoms with Gasteiger partial charge < -0.3 is 14.6 Å². The van der Waals surface area contributed by atoms with Gasteiger partial charge in [0.05, 0.1) is 18.8 Å². The first-order valence-corrected chi connectivity index (χ1v) is 7.33. The summed E-state index contributed by atoms with van der Waals surface area (Å²) in [4.78, 5) is 0. The van der Waals surface area contributed by atoms with E-state index in [1.54, 1.807) is 6.08 Å². The van der Waals surface area contributed by atoms with Crippen molar-refractivity contribution in [2.45, 2.75) is 38.3 Å². The zero-order chi connectivity index (χ0) is 15.3. The van der Waals surface area contributed by atoms with E-state index in [4.69, 9.17) is 9.47 Å². The Balaban J connectivity index is 2.17. The van der Waals surface area contributed by atoms with Crippen LogP contribution in [-0.4, -0.2) is 23.9 Å². The number of aliphatic hydroxyl groups excluding tert-OH is 1. The Morgan fingerprint density at radius 3 is 2.67 bits per heavy atom. The predicted molar refractivity (Wildman–Crippen MR) is 83.7 cm³/mol. The maximum atomic E-state index is 10.4. The fraction of sp³-hybridized carbons (Fsp3) is 0.444. The predicted octanol–water partition coefficient (Wildman–Crippen LogP) is 3.62. The third-order valence-electron chi connectivity index (χ3n) is 4.17. The van der Waals surface area contributed by atoms with E-state index in [0.717, 1.165) is 5.56 Å². The smallest absolute Gasteiger partial charge is 0.184 e. The van der Waals surface area contributed by atoms with E-state index >= 15 is 0 Å². The first kappa shape index (κ1) is 16.0. The van der Waals surface area contributed by atoms with Crippen LogP contribution in [0, 0.1) is 5.41 Å². The van der Waals surface area contributed by atoms with Crippen LogP contribution in [-0.2, 0) is 9.47 Å². The van der Waals surface area contributed by atoms with Gasteiger partial charge in [0.15, 0.2) is 6.29 Å². The van der Waals surface area contributed by atoms with Gasteiger partial charge in [0.1, 0.15) is 0 Å². The van der Waals surface area contributed by atoms with Crippen LogP contribution in [0.2, 0.25) is 0 Å². The van der Waals surface area contributed by atoms with Gasteiger partial charge in [-0.15, -0.1) is 13.2 Å². The van der Waals surface area contributed by atoms with E-state index in [1.165, 1.54) is 0 Å². The van der Waals surface area contributed by atoms with E-state index in [9.17, 15) is 5.11 Å². The van der Waals surface area contributed by atoms with Crippen LogP contribution >= 0.6 is 0 Å². The summed E-state index contributed by atoms with van der Waals surface area (Å²) in [6.45, 7) is 9.94. The molecule has 1 heterocycles. The highest BCUT2D eigenvalue weighted by Crippen LogP contribution is 2.41. The molecule has 4 atom stereocenters. The summed E-state index contributed by atoms with van der Waals surface area (Å²) in [5.41, 5.74) is 0.528. The summed E-state index contributed by atoms with van der Waals surface area (Å²) in [5.74, 6) is 0. The summed E-state index contributed by atoms with van der Waals surface area (Å²) >= 11 is 0. The second kappa shape index (κ2) is 7.03. The molecule has 3 nitrogen and oxygen atoms in total. The lowest BCUT2D eigenvalue weighted by atomic mass is 9.76. The maximum Gasteiger partial charge on any atom is 0.184 e. The van der Waals surface area contributed by atoms with Crippen molar-refractivity contribution in [3.8, 4) is 0 Å². The number of benzene rings is 1. The molecular formula is C18H24O3. The molecule has 1 aromatic rings. The molecule has 0 unspecified atom stereocenters. The van der Waals surface area contributed by atoms with Crippen LogP contribution in [0.1, 0.15) is 31.6 Å². The second-order valence-electron chi connectivity index (χ2n) is 5.75. The molecule has 1 N–H and O–H groups in total. The normalized spacial score (nSPS) is 30.6. The first-order valence-electron chi connectivity index (χ1n) is 7.33. The molecule has 0 radical (unpaired) electrons. The maximum absolute atomic E-state index is 10.4. The Morgan fingerprint density at radius 1 is 1.33 bits per heavy atom. The molecule has 1 aliphatic heterocycles. The lowest BCUT2D eigenvalue weighted by molar-refractivity contribution is -0.285. The number of hydrogen-bond acceptors (Lipinski definition) is 3. The Morgan fingerprint density at radius 2 is 2.05 bits per heavy atom. The standard InChI is InChI=1S/C18H24O3/c1-4-9-15(19)18(3)13-20-17(21-16(18)10-5-2)14-11-7-6-8-12-14/h4-8,11-12,15-17,19H,1-2,9-10,13H2,3H3/t15-,16+,17-,18-/m1/s1. The number of aliphatic hydroxyl groups is 1. The molecule has 1 fully saturated rings. The van der Waals surface area contributed by atoms with Gasteiger partial charge in [0.25, 0.3) is 0 Å². The van der Waals surface area contributed by atoms with Gasteiger partial charge >= 0.3 is 0 Å². The van der Waals surface area contributed by atoms with Gasteiger partial charge in [-0.2, -0.15) is 0 Å². The molecule has 0 aliphatic carbocycles. The molecule has 21 heavy (non-hydrogen) atoms. The second-order valence-corrected chi connectivity index (χ2v) is 5.75. The molecule has 1 aliphatic rings. The fourth-order valence-corrected chi connectivity index (χ4v) is 2.69. The number of rotatable bonds is 6. The van der Waals surface area contributed by atoms with E-state index in [1.807, 2.05) is 43.3 Å². The van der Waals surface area contributed by atoms with Crippen LogP contribution in [0.15, 0.2) is 55.6 Å². The molecule has 0 saturated carbocycles. The summed E-state index contributed by atoms with van der Waals surface area (Å²) in [6.07, 6.45) is 3.69. The zero-order valence-electron chi connectivity index (χ0n) is 12.6. The van der Waals surface area contributed by atoms with Gasteiger partial charge in [-0.1, -0.05) is 49.4 Å². The van der Waals surface area contributed by atoms with E-state index in [0.29, 0.717) is 19.4 Å². The van der Waals surface area contributed by atoms with Crippen LogP contribution in [0.25, 0.3) is 0 Å². The first-order chi connectivity index (χ1) is 10.1. The van der Waals surface area contributed by atoms with Crippen LogP contribution in [0.3, 0.4) is 0 Å². The lowest BCUT2D eigenvalue weighted by Crippen LogP contribution is -2.51. The molecule has 0 amide bonds. The number of hydrogen-bond donors (Lipinski definition) is 1. The molecule has 2 rings (SSSR count). The van der Waals surface area contributed by atoms with Gasteiger partial charge in [0.2, 0.25) is 0 Å². The Bertz CT molecular complexity index is 471. The highest BCUT2D eigenvalue weighted by Gasteiger charge is 2.46.